The van der Waals surface area contributed by atoms with Crippen molar-refractivity contribution < 1.29 is 9.66 Å². The first-order valence-electron chi connectivity index (χ1n) is 11.3. The minimum absolute atomic E-state index is 0.179. The van der Waals surface area contributed by atoms with E-state index in [1.54, 1.807) is 24.3 Å². The van der Waals surface area contributed by atoms with Crippen LogP contribution in [-0.4, -0.2) is 26.2 Å². The summed E-state index contributed by atoms with van der Waals surface area (Å²) in [5, 5.41) is 21.3. The van der Waals surface area contributed by atoms with Crippen molar-refractivity contribution in [1.82, 2.24) is 14.8 Å². The Hall–Kier alpha value is -2.59. The number of rotatable bonds is 9. The quantitative estimate of drug-likeness (QED) is 0.107. The van der Waals surface area contributed by atoms with E-state index < -0.39 is 5.25 Å². The van der Waals surface area contributed by atoms with E-state index in [1.165, 1.54) is 17.3 Å². The van der Waals surface area contributed by atoms with Gasteiger partial charge in [0.1, 0.15) is 23.4 Å². The van der Waals surface area contributed by atoms with Gasteiger partial charge in [-0.15, -0.1) is 10.2 Å². The highest BCUT2D eigenvalue weighted by Gasteiger charge is 2.27. The zero-order chi connectivity index (χ0) is 26.7. The average molecular weight is 622 g/mol. The van der Waals surface area contributed by atoms with Crippen LogP contribution in [0.25, 0.3) is 5.69 Å². The number of aryl methyl sites for hydroxylation is 3. The third kappa shape index (κ3) is 6.65. The van der Waals surface area contributed by atoms with Crippen LogP contribution in [0.2, 0.25) is 10.0 Å². The number of hydrogen-bond acceptors (Lipinski definition) is 6. The molecule has 37 heavy (non-hydrogen) atoms. The summed E-state index contributed by atoms with van der Waals surface area (Å²) in [6.45, 7) is 5.79. The van der Waals surface area contributed by atoms with Crippen molar-refractivity contribution in [2.75, 3.05) is 6.54 Å². The number of nitrogens with zero attached hydrogens (tertiary/aromatic N) is 4. The van der Waals surface area contributed by atoms with Gasteiger partial charge in [0.25, 0.3) is 0 Å². The van der Waals surface area contributed by atoms with Crippen LogP contribution in [0.15, 0.2) is 64.2 Å². The van der Waals surface area contributed by atoms with E-state index in [1.807, 2.05) is 49.6 Å². The van der Waals surface area contributed by atoms with Gasteiger partial charge in [0, 0.05) is 36.3 Å². The largest absolute Gasteiger partial charge is 0.489 e. The molecule has 0 bridgehead atoms. The van der Waals surface area contributed by atoms with E-state index in [0.717, 1.165) is 21.3 Å². The third-order valence-electron chi connectivity index (χ3n) is 5.82. The lowest BCUT2D eigenvalue weighted by molar-refractivity contribution is -0.479. The van der Waals surface area contributed by atoms with Crippen molar-refractivity contribution in [2.45, 2.75) is 37.8 Å². The summed E-state index contributed by atoms with van der Waals surface area (Å²) < 4.78 is 8.81. The lowest BCUT2D eigenvalue weighted by Gasteiger charge is -2.19. The van der Waals surface area contributed by atoms with Gasteiger partial charge in [-0.25, -0.2) is 0 Å². The molecular formula is C26H23BrCl2N4O3S. The molecule has 0 N–H and O–H groups in total. The monoisotopic (exact) mass is 620 g/mol. The van der Waals surface area contributed by atoms with Gasteiger partial charge in [-0.2, -0.15) is 0 Å². The van der Waals surface area contributed by atoms with Crippen molar-refractivity contribution in [3.8, 4) is 11.4 Å². The number of benzene rings is 3. The molecule has 192 valence electrons. The number of nitro groups is 1. The van der Waals surface area contributed by atoms with E-state index in [9.17, 15) is 10.1 Å². The van der Waals surface area contributed by atoms with E-state index >= 15 is 0 Å². The van der Waals surface area contributed by atoms with Gasteiger partial charge >= 0.3 is 0 Å². The highest BCUT2D eigenvalue weighted by atomic mass is 79.9. The highest BCUT2D eigenvalue weighted by Crippen LogP contribution is 2.41. The minimum atomic E-state index is -0.600. The molecule has 0 saturated heterocycles. The summed E-state index contributed by atoms with van der Waals surface area (Å²) in [5.41, 5.74) is 4.62. The lowest BCUT2D eigenvalue weighted by Crippen LogP contribution is -2.13. The Morgan fingerprint density at radius 2 is 1.84 bits per heavy atom. The van der Waals surface area contributed by atoms with Crippen molar-refractivity contribution in [2.24, 2.45) is 0 Å². The summed E-state index contributed by atoms with van der Waals surface area (Å²) in [7, 11) is 0. The summed E-state index contributed by atoms with van der Waals surface area (Å²) in [4.78, 5) is 11.4. The molecule has 0 saturated carbocycles. The summed E-state index contributed by atoms with van der Waals surface area (Å²) in [6.07, 6.45) is 0. The molecule has 4 aromatic rings. The molecule has 0 unspecified atom stereocenters. The van der Waals surface area contributed by atoms with Gasteiger partial charge in [-0.3, -0.25) is 14.7 Å². The van der Waals surface area contributed by atoms with Crippen molar-refractivity contribution in [3.05, 3.63) is 107 Å². The summed E-state index contributed by atoms with van der Waals surface area (Å²) in [6, 6.07) is 16.7. The molecule has 1 aromatic heterocycles. The maximum absolute atomic E-state index is 11.7. The zero-order valence-corrected chi connectivity index (χ0v) is 24.2. The number of ether oxygens (including phenoxy) is 1. The first-order valence-corrected chi connectivity index (χ1v) is 13.7. The number of thioether (sulfide) groups is 1. The molecule has 0 radical (unpaired) electrons. The van der Waals surface area contributed by atoms with Crippen molar-refractivity contribution >= 4 is 50.9 Å². The molecule has 0 aliphatic heterocycles. The topological polar surface area (TPSA) is 83.1 Å². The second-order valence-corrected chi connectivity index (χ2v) is 11.4. The molecule has 1 heterocycles. The smallest absolute Gasteiger partial charge is 0.220 e. The normalized spacial score (nSPS) is 11.9. The molecule has 3 aromatic carbocycles. The zero-order valence-electron chi connectivity index (χ0n) is 20.2. The molecule has 11 heteroatoms. The third-order valence-corrected chi connectivity index (χ3v) is 8.07. The lowest BCUT2D eigenvalue weighted by atomic mass is 10.1. The maximum Gasteiger partial charge on any atom is 0.220 e. The van der Waals surface area contributed by atoms with E-state index in [-0.39, 0.29) is 18.1 Å². The van der Waals surface area contributed by atoms with Crippen LogP contribution in [0.5, 0.6) is 5.75 Å². The Kier molecular flexibility index (Phi) is 8.79. The average Bonchev–Trinajstić information content (AvgIpc) is 3.20. The van der Waals surface area contributed by atoms with Crippen molar-refractivity contribution in [3.63, 3.8) is 0 Å². The van der Waals surface area contributed by atoms with E-state index in [2.05, 4.69) is 32.2 Å². The number of halogens is 3. The van der Waals surface area contributed by atoms with Crippen LogP contribution < -0.4 is 4.74 Å². The molecule has 7 nitrogen and oxygen atoms in total. The fourth-order valence-corrected chi connectivity index (χ4v) is 5.77. The second-order valence-electron chi connectivity index (χ2n) is 8.46. The van der Waals surface area contributed by atoms with Crippen LogP contribution in [0.3, 0.4) is 0 Å². The van der Waals surface area contributed by atoms with E-state index in [0.29, 0.717) is 32.3 Å². The Balaban J connectivity index is 1.69. The standard InChI is InChI=1S/C26H23BrCl2N4O3S/c1-15-4-8-21(10-16(15)2)33-17(3)30-31-26(33)37-25(13-32(34)35)22-11-19(27)6-9-24(22)36-14-18-5-7-20(28)12-23(18)29/h4-12,25H,13-14H2,1-3H3/t25-/m1/s1. The fourth-order valence-electron chi connectivity index (χ4n) is 3.74. The molecule has 0 aliphatic carbocycles. The van der Waals surface area contributed by atoms with Gasteiger partial charge in [0.2, 0.25) is 6.54 Å². The Morgan fingerprint density at radius 3 is 2.54 bits per heavy atom. The Morgan fingerprint density at radius 1 is 1.05 bits per heavy atom. The van der Waals surface area contributed by atoms with Gasteiger partial charge in [0.05, 0.1) is 0 Å². The van der Waals surface area contributed by atoms with E-state index in [4.69, 9.17) is 27.9 Å². The second kappa shape index (κ2) is 11.9. The van der Waals surface area contributed by atoms with Crippen molar-refractivity contribution in [1.29, 1.82) is 0 Å². The van der Waals surface area contributed by atoms with Crippen LogP contribution >= 0.6 is 50.9 Å². The molecule has 0 spiro atoms. The summed E-state index contributed by atoms with van der Waals surface area (Å²) in [5.74, 6) is 1.20. The first kappa shape index (κ1) is 27.4. The molecular weight excluding hydrogens is 599 g/mol. The maximum atomic E-state index is 11.7. The van der Waals surface area contributed by atoms with Gasteiger partial charge in [-0.1, -0.05) is 63.0 Å². The van der Waals surface area contributed by atoms with Crippen LogP contribution in [0, 0.1) is 30.9 Å². The number of hydrogen-bond donors (Lipinski definition) is 0. The molecule has 4 rings (SSSR count). The first-order chi connectivity index (χ1) is 17.6. The number of aromatic nitrogens is 3. The predicted octanol–water partition coefficient (Wildman–Crippen LogP) is 7.95. The Bertz CT molecular complexity index is 1460. The Labute approximate surface area is 237 Å². The molecule has 0 fully saturated rings. The molecule has 0 aliphatic rings. The van der Waals surface area contributed by atoms with Gasteiger partial charge in [-0.05, 0) is 74.4 Å². The predicted molar refractivity (Wildman–Crippen MR) is 151 cm³/mol. The van der Waals surface area contributed by atoms with Crippen LogP contribution in [-0.2, 0) is 6.61 Å². The SMILES string of the molecule is Cc1ccc(-n2c(C)nnc2S[C@H](C[N+](=O)[O-])c2cc(Br)ccc2OCc2ccc(Cl)cc2Cl)cc1C. The highest BCUT2D eigenvalue weighted by molar-refractivity contribution is 9.10. The minimum Gasteiger partial charge on any atom is -0.489 e. The van der Waals surface area contributed by atoms with Crippen LogP contribution in [0.4, 0.5) is 0 Å². The fraction of sp³-hybridized carbons (Fsp3) is 0.231. The summed E-state index contributed by atoms with van der Waals surface area (Å²) >= 11 is 17.1. The van der Waals surface area contributed by atoms with Gasteiger partial charge < -0.3 is 4.74 Å². The van der Waals surface area contributed by atoms with Crippen LogP contribution in [0.1, 0.15) is 33.3 Å². The molecule has 0 amide bonds. The van der Waals surface area contributed by atoms with Gasteiger partial charge in [0.15, 0.2) is 5.16 Å². The molecule has 1 atom stereocenters.